The molecule has 2 aromatic carbocycles. The zero-order valence-electron chi connectivity index (χ0n) is 13.2. The van der Waals surface area contributed by atoms with E-state index >= 15 is 0 Å². The highest BCUT2D eigenvalue weighted by molar-refractivity contribution is 7.99. The van der Waals surface area contributed by atoms with Crippen LogP contribution in [0.15, 0.2) is 59.5 Å². The molecule has 0 saturated heterocycles. The molecule has 23 heavy (non-hydrogen) atoms. The van der Waals surface area contributed by atoms with Crippen LogP contribution in [0, 0.1) is 0 Å². The molecule has 1 amide bonds. The molecule has 0 aromatic heterocycles. The first-order valence-electron chi connectivity index (χ1n) is 7.47. The van der Waals surface area contributed by atoms with E-state index in [2.05, 4.69) is 17.4 Å². The molecule has 1 N–H and O–H groups in total. The van der Waals surface area contributed by atoms with Crippen LogP contribution in [0.25, 0.3) is 0 Å². The summed E-state index contributed by atoms with van der Waals surface area (Å²) >= 11 is 1.76. The fraction of sp³-hybridized carbons (Fsp3) is 0.278. The van der Waals surface area contributed by atoms with Crippen molar-refractivity contribution in [2.75, 3.05) is 32.6 Å². The van der Waals surface area contributed by atoms with Crippen LogP contribution in [0.5, 0.6) is 5.75 Å². The summed E-state index contributed by atoms with van der Waals surface area (Å²) in [5, 5.41) is 2.78. The average Bonchev–Trinajstić information content (AvgIpc) is 2.60. The lowest BCUT2D eigenvalue weighted by molar-refractivity contribution is 0.0937. The first kappa shape index (κ1) is 17.4. The van der Waals surface area contributed by atoms with Crippen LogP contribution >= 0.6 is 11.8 Å². The van der Waals surface area contributed by atoms with Crippen molar-refractivity contribution in [1.29, 1.82) is 0 Å². The number of benzene rings is 2. The Morgan fingerprint density at radius 1 is 1.04 bits per heavy atom. The molecule has 2 aromatic rings. The molecule has 0 aliphatic rings. The van der Waals surface area contributed by atoms with Gasteiger partial charge in [-0.15, -0.1) is 11.8 Å². The second kappa shape index (κ2) is 9.92. The molecule has 0 radical (unpaired) electrons. The van der Waals surface area contributed by atoms with Gasteiger partial charge >= 0.3 is 0 Å². The van der Waals surface area contributed by atoms with E-state index in [9.17, 15) is 4.79 Å². The van der Waals surface area contributed by atoms with Crippen molar-refractivity contribution in [3.05, 3.63) is 60.2 Å². The van der Waals surface area contributed by atoms with Gasteiger partial charge in [-0.1, -0.05) is 18.2 Å². The van der Waals surface area contributed by atoms with Crippen LogP contribution in [0.4, 0.5) is 0 Å². The maximum Gasteiger partial charge on any atom is 0.251 e. The van der Waals surface area contributed by atoms with Gasteiger partial charge in [0, 0.05) is 29.9 Å². The van der Waals surface area contributed by atoms with E-state index in [1.807, 2.05) is 30.3 Å². The second-order valence-corrected chi connectivity index (χ2v) is 5.95. The second-order valence-electron chi connectivity index (χ2n) is 4.78. The van der Waals surface area contributed by atoms with Gasteiger partial charge in [0.05, 0.1) is 13.2 Å². The highest BCUT2D eigenvalue weighted by atomic mass is 32.2. The number of thioether (sulfide) groups is 1. The number of carbonyl (C=O) groups excluding carboxylic acids is 1. The molecule has 0 spiro atoms. The summed E-state index contributed by atoms with van der Waals surface area (Å²) < 4.78 is 10.6. The van der Waals surface area contributed by atoms with Gasteiger partial charge in [0.2, 0.25) is 0 Å². The zero-order valence-corrected chi connectivity index (χ0v) is 14.0. The first-order valence-corrected chi connectivity index (χ1v) is 8.46. The minimum Gasteiger partial charge on any atom is -0.493 e. The Morgan fingerprint density at radius 3 is 2.48 bits per heavy atom. The van der Waals surface area contributed by atoms with Crippen LogP contribution in [0.3, 0.4) is 0 Å². The Hall–Kier alpha value is -1.98. The molecule has 4 nitrogen and oxygen atoms in total. The standard InChI is InChI=1S/C18H21NO3S/c1-21-12-11-19-18(20)15-7-9-16(10-8-15)22-13-14-23-17-5-3-2-4-6-17/h2-10H,11-14H2,1H3,(H,19,20). The molecule has 0 saturated carbocycles. The predicted octanol–water partition coefficient (Wildman–Crippen LogP) is 3.23. The number of hydrogen-bond acceptors (Lipinski definition) is 4. The monoisotopic (exact) mass is 331 g/mol. The molecular weight excluding hydrogens is 310 g/mol. The van der Waals surface area contributed by atoms with Gasteiger partial charge in [-0.3, -0.25) is 4.79 Å². The lowest BCUT2D eigenvalue weighted by atomic mass is 10.2. The molecule has 0 aliphatic heterocycles. The molecule has 0 unspecified atom stereocenters. The minimum absolute atomic E-state index is 0.103. The number of carbonyl (C=O) groups is 1. The van der Waals surface area contributed by atoms with Crippen molar-refractivity contribution in [3.8, 4) is 5.75 Å². The highest BCUT2D eigenvalue weighted by Gasteiger charge is 2.04. The summed E-state index contributed by atoms with van der Waals surface area (Å²) in [6.07, 6.45) is 0. The Kier molecular flexibility index (Phi) is 7.49. The van der Waals surface area contributed by atoms with Crippen LogP contribution in [-0.2, 0) is 4.74 Å². The summed E-state index contributed by atoms with van der Waals surface area (Å²) in [5.41, 5.74) is 0.618. The van der Waals surface area contributed by atoms with Gasteiger partial charge in [0.25, 0.3) is 5.91 Å². The molecular formula is C18H21NO3S. The SMILES string of the molecule is COCCNC(=O)c1ccc(OCCSc2ccccc2)cc1. The van der Waals surface area contributed by atoms with E-state index in [1.54, 1.807) is 31.0 Å². The third-order valence-electron chi connectivity index (χ3n) is 3.07. The van der Waals surface area contributed by atoms with E-state index in [1.165, 1.54) is 4.90 Å². The van der Waals surface area contributed by atoms with Gasteiger partial charge < -0.3 is 14.8 Å². The molecule has 122 valence electrons. The van der Waals surface area contributed by atoms with Crippen LogP contribution < -0.4 is 10.1 Å². The minimum atomic E-state index is -0.103. The zero-order chi connectivity index (χ0) is 16.3. The third kappa shape index (κ3) is 6.34. The highest BCUT2D eigenvalue weighted by Crippen LogP contribution is 2.17. The summed E-state index contributed by atoms with van der Waals surface area (Å²) in [5.74, 6) is 1.55. The number of methoxy groups -OCH3 is 1. The number of rotatable bonds is 9. The van der Waals surface area contributed by atoms with E-state index in [0.717, 1.165) is 11.5 Å². The van der Waals surface area contributed by atoms with Crippen molar-refractivity contribution in [3.63, 3.8) is 0 Å². The van der Waals surface area contributed by atoms with Gasteiger partial charge in [-0.2, -0.15) is 0 Å². The number of ether oxygens (including phenoxy) is 2. The van der Waals surface area contributed by atoms with Gasteiger partial charge in [0.1, 0.15) is 5.75 Å². The van der Waals surface area contributed by atoms with E-state index in [4.69, 9.17) is 9.47 Å². The maximum atomic E-state index is 11.8. The molecule has 0 bridgehead atoms. The summed E-state index contributed by atoms with van der Waals surface area (Å²) in [4.78, 5) is 13.1. The van der Waals surface area contributed by atoms with Crippen molar-refractivity contribution in [2.45, 2.75) is 4.90 Å². The van der Waals surface area contributed by atoms with Crippen molar-refractivity contribution in [2.24, 2.45) is 0 Å². The Bertz CT molecular complexity index is 587. The van der Waals surface area contributed by atoms with E-state index < -0.39 is 0 Å². The van der Waals surface area contributed by atoms with Crippen LogP contribution in [-0.4, -0.2) is 38.5 Å². The maximum absolute atomic E-state index is 11.8. The van der Waals surface area contributed by atoms with Crippen LogP contribution in [0.2, 0.25) is 0 Å². The van der Waals surface area contributed by atoms with E-state index in [-0.39, 0.29) is 5.91 Å². The molecule has 0 fully saturated rings. The average molecular weight is 331 g/mol. The lowest BCUT2D eigenvalue weighted by Gasteiger charge is -2.08. The molecule has 0 heterocycles. The summed E-state index contributed by atoms with van der Waals surface area (Å²) in [6.45, 7) is 1.63. The molecule has 2 rings (SSSR count). The summed E-state index contributed by atoms with van der Waals surface area (Å²) in [7, 11) is 1.61. The van der Waals surface area contributed by atoms with Crippen LogP contribution in [0.1, 0.15) is 10.4 Å². The van der Waals surface area contributed by atoms with Crippen molar-refractivity contribution < 1.29 is 14.3 Å². The smallest absolute Gasteiger partial charge is 0.251 e. The fourth-order valence-electron chi connectivity index (χ4n) is 1.91. The topological polar surface area (TPSA) is 47.6 Å². The number of amides is 1. The Balaban J connectivity index is 1.71. The fourth-order valence-corrected chi connectivity index (χ4v) is 2.66. The quantitative estimate of drug-likeness (QED) is 0.566. The van der Waals surface area contributed by atoms with Crippen molar-refractivity contribution >= 4 is 17.7 Å². The largest absolute Gasteiger partial charge is 0.493 e. The number of hydrogen-bond donors (Lipinski definition) is 1. The Morgan fingerprint density at radius 2 is 1.78 bits per heavy atom. The van der Waals surface area contributed by atoms with Gasteiger partial charge in [-0.05, 0) is 36.4 Å². The van der Waals surface area contributed by atoms with Crippen molar-refractivity contribution in [1.82, 2.24) is 5.32 Å². The summed E-state index contributed by atoms with van der Waals surface area (Å²) in [6, 6.07) is 17.4. The normalized spacial score (nSPS) is 10.3. The first-order chi connectivity index (χ1) is 11.3. The number of nitrogens with one attached hydrogen (secondary N) is 1. The lowest BCUT2D eigenvalue weighted by Crippen LogP contribution is -2.26. The molecule has 0 atom stereocenters. The predicted molar refractivity (Wildman–Crippen MR) is 93.3 cm³/mol. The Labute approximate surface area is 141 Å². The molecule has 0 aliphatic carbocycles. The van der Waals surface area contributed by atoms with Gasteiger partial charge in [0.15, 0.2) is 0 Å². The third-order valence-corrected chi connectivity index (χ3v) is 4.05. The van der Waals surface area contributed by atoms with E-state index in [0.29, 0.717) is 25.3 Å². The molecule has 5 heteroatoms. The van der Waals surface area contributed by atoms with Gasteiger partial charge in [-0.25, -0.2) is 0 Å².